The van der Waals surface area contributed by atoms with E-state index in [0.717, 1.165) is 5.56 Å². The standard InChI is InChI=1S/C18H22N2O3/c1-12(2)23-18(21)15-6-4-5-14(13-7-8-13)16(15)11-22-17-9-10-20(3)19-17/h4-6,9-10,12-13H,7-8,11H2,1-3H3. The fraction of sp³-hybridized carbons (Fsp3) is 0.444. The summed E-state index contributed by atoms with van der Waals surface area (Å²) in [5, 5.41) is 4.22. The summed E-state index contributed by atoms with van der Waals surface area (Å²) < 4.78 is 12.9. The molecule has 0 aliphatic heterocycles. The predicted octanol–water partition coefficient (Wildman–Crippen LogP) is 3.44. The van der Waals surface area contributed by atoms with E-state index in [9.17, 15) is 4.79 Å². The molecule has 5 heteroatoms. The molecular formula is C18H22N2O3. The lowest BCUT2D eigenvalue weighted by molar-refractivity contribution is 0.0374. The second-order valence-corrected chi connectivity index (χ2v) is 6.22. The van der Waals surface area contributed by atoms with E-state index in [-0.39, 0.29) is 12.1 Å². The van der Waals surface area contributed by atoms with Gasteiger partial charge in [-0.15, -0.1) is 5.10 Å². The molecule has 23 heavy (non-hydrogen) atoms. The number of ether oxygens (including phenoxy) is 2. The van der Waals surface area contributed by atoms with Crippen LogP contribution in [-0.2, 0) is 18.4 Å². The third kappa shape index (κ3) is 3.73. The first-order valence-corrected chi connectivity index (χ1v) is 8.00. The minimum absolute atomic E-state index is 0.142. The quantitative estimate of drug-likeness (QED) is 0.766. The Morgan fingerprint density at radius 1 is 1.35 bits per heavy atom. The second kappa shape index (κ2) is 6.44. The first-order chi connectivity index (χ1) is 11.0. The third-order valence-corrected chi connectivity index (χ3v) is 3.85. The lowest BCUT2D eigenvalue weighted by atomic mass is 9.98. The number of carbonyl (C=O) groups is 1. The molecule has 0 N–H and O–H groups in total. The van der Waals surface area contributed by atoms with Crippen LogP contribution < -0.4 is 4.74 Å². The van der Waals surface area contributed by atoms with Crippen molar-refractivity contribution < 1.29 is 14.3 Å². The van der Waals surface area contributed by atoms with Crippen LogP contribution in [0.3, 0.4) is 0 Å². The van der Waals surface area contributed by atoms with Gasteiger partial charge in [0.2, 0.25) is 5.88 Å². The van der Waals surface area contributed by atoms with Gasteiger partial charge in [0.15, 0.2) is 0 Å². The SMILES string of the molecule is CC(C)OC(=O)c1cccc(C2CC2)c1COc1ccn(C)n1. The second-order valence-electron chi connectivity index (χ2n) is 6.22. The normalized spacial score (nSPS) is 14.1. The Hall–Kier alpha value is -2.30. The van der Waals surface area contributed by atoms with Crippen molar-refractivity contribution in [2.75, 3.05) is 0 Å². The van der Waals surface area contributed by atoms with Crippen molar-refractivity contribution in [3.05, 3.63) is 47.2 Å². The van der Waals surface area contributed by atoms with Crippen molar-refractivity contribution in [3.8, 4) is 5.88 Å². The fourth-order valence-electron chi connectivity index (χ4n) is 2.63. The molecule has 1 aliphatic carbocycles. The zero-order valence-corrected chi connectivity index (χ0v) is 13.8. The van der Waals surface area contributed by atoms with E-state index in [4.69, 9.17) is 9.47 Å². The number of aromatic nitrogens is 2. The molecule has 2 aromatic rings. The van der Waals surface area contributed by atoms with Gasteiger partial charge in [0, 0.05) is 24.9 Å². The van der Waals surface area contributed by atoms with Gasteiger partial charge in [-0.3, -0.25) is 4.68 Å². The summed E-state index contributed by atoms with van der Waals surface area (Å²) >= 11 is 0. The Morgan fingerprint density at radius 2 is 2.13 bits per heavy atom. The summed E-state index contributed by atoms with van der Waals surface area (Å²) in [7, 11) is 1.84. The molecule has 0 bridgehead atoms. The Labute approximate surface area is 136 Å². The number of aryl methyl sites for hydroxylation is 1. The molecule has 1 saturated carbocycles. The third-order valence-electron chi connectivity index (χ3n) is 3.85. The summed E-state index contributed by atoms with van der Waals surface area (Å²) in [4.78, 5) is 12.4. The summed E-state index contributed by atoms with van der Waals surface area (Å²) in [5.74, 6) is 0.799. The number of benzene rings is 1. The van der Waals surface area contributed by atoms with Gasteiger partial charge in [-0.25, -0.2) is 4.79 Å². The van der Waals surface area contributed by atoms with Crippen molar-refractivity contribution in [1.29, 1.82) is 0 Å². The van der Waals surface area contributed by atoms with E-state index in [2.05, 4.69) is 11.2 Å². The molecule has 0 spiro atoms. The number of rotatable bonds is 6. The van der Waals surface area contributed by atoms with Crippen LogP contribution in [0.4, 0.5) is 0 Å². The number of esters is 1. The number of carbonyl (C=O) groups excluding carboxylic acids is 1. The molecule has 1 heterocycles. The first-order valence-electron chi connectivity index (χ1n) is 8.00. The minimum Gasteiger partial charge on any atom is -0.472 e. The maximum Gasteiger partial charge on any atom is 0.338 e. The lowest BCUT2D eigenvalue weighted by Crippen LogP contribution is -2.15. The molecule has 0 atom stereocenters. The molecule has 0 radical (unpaired) electrons. The van der Waals surface area contributed by atoms with Gasteiger partial charge < -0.3 is 9.47 Å². The zero-order valence-electron chi connectivity index (χ0n) is 13.8. The van der Waals surface area contributed by atoms with E-state index >= 15 is 0 Å². The summed E-state index contributed by atoms with van der Waals surface area (Å²) in [6.45, 7) is 4.03. The molecule has 5 nitrogen and oxygen atoms in total. The highest BCUT2D eigenvalue weighted by Crippen LogP contribution is 2.42. The van der Waals surface area contributed by atoms with Crippen LogP contribution in [0.25, 0.3) is 0 Å². The van der Waals surface area contributed by atoms with Crippen LogP contribution in [0.1, 0.15) is 54.1 Å². The number of hydrogen-bond acceptors (Lipinski definition) is 4. The average Bonchev–Trinajstić information content (AvgIpc) is 3.26. The number of nitrogens with zero attached hydrogens (tertiary/aromatic N) is 2. The summed E-state index contributed by atoms with van der Waals surface area (Å²) in [5.41, 5.74) is 2.71. The van der Waals surface area contributed by atoms with Gasteiger partial charge in [-0.05, 0) is 44.2 Å². The summed E-state index contributed by atoms with van der Waals surface area (Å²) in [6, 6.07) is 7.63. The lowest BCUT2D eigenvalue weighted by Gasteiger charge is -2.15. The van der Waals surface area contributed by atoms with Crippen molar-refractivity contribution in [2.45, 2.75) is 45.3 Å². The molecule has 122 valence electrons. The van der Waals surface area contributed by atoms with Crippen LogP contribution >= 0.6 is 0 Å². The molecule has 0 amide bonds. The van der Waals surface area contributed by atoms with Gasteiger partial charge in [0.05, 0.1) is 11.7 Å². The molecule has 1 aromatic carbocycles. The van der Waals surface area contributed by atoms with Gasteiger partial charge in [-0.2, -0.15) is 0 Å². The number of hydrogen-bond donors (Lipinski definition) is 0. The van der Waals surface area contributed by atoms with Crippen LogP contribution in [0.5, 0.6) is 5.88 Å². The van der Waals surface area contributed by atoms with Crippen LogP contribution in [0.2, 0.25) is 0 Å². The van der Waals surface area contributed by atoms with E-state index in [0.29, 0.717) is 24.0 Å². The largest absolute Gasteiger partial charge is 0.472 e. The maximum atomic E-state index is 12.4. The molecular weight excluding hydrogens is 292 g/mol. The fourth-order valence-corrected chi connectivity index (χ4v) is 2.63. The predicted molar refractivity (Wildman–Crippen MR) is 86.5 cm³/mol. The van der Waals surface area contributed by atoms with E-state index in [1.54, 1.807) is 4.68 Å². The zero-order chi connectivity index (χ0) is 16.4. The molecule has 0 unspecified atom stereocenters. The first kappa shape index (κ1) is 15.6. The van der Waals surface area contributed by atoms with Gasteiger partial charge in [0.25, 0.3) is 0 Å². The monoisotopic (exact) mass is 314 g/mol. The van der Waals surface area contributed by atoms with Gasteiger partial charge in [0.1, 0.15) is 6.61 Å². The van der Waals surface area contributed by atoms with E-state index < -0.39 is 0 Å². The van der Waals surface area contributed by atoms with Crippen LogP contribution in [0, 0.1) is 0 Å². The molecule has 1 fully saturated rings. The molecule has 1 aliphatic rings. The highest BCUT2D eigenvalue weighted by atomic mass is 16.5. The average molecular weight is 314 g/mol. The van der Waals surface area contributed by atoms with Crippen molar-refractivity contribution >= 4 is 5.97 Å². The van der Waals surface area contributed by atoms with Crippen LogP contribution in [0.15, 0.2) is 30.5 Å². The Balaban J connectivity index is 1.86. The Morgan fingerprint density at radius 3 is 2.74 bits per heavy atom. The highest BCUT2D eigenvalue weighted by Gasteiger charge is 2.29. The van der Waals surface area contributed by atoms with E-state index in [1.165, 1.54) is 18.4 Å². The molecule has 1 aromatic heterocycles. The van der Waals surface area contributed by atoms with Crippen molar-refractivity contribution in [3.63, 3.8) is 0 Å². The minimum atomic E-state index is -0.290. The van der Waals surface area contributed by atoms with Gasteiger partial charge >= 0.3 is 5.97 Å². The van der Waals surface area contributed by atoms with Gasteiger partial charge in [-0.1, -0.05) is 12.1 Å². The smallest absolute Gasteiger partial charge is 0.338 e. The Kier molecular flexibility index (Phi) is 4.37. The molecule has 3 rings (SSSR count). The van der Waals surface area contributed by atoms with E-state index in [1.807, 2.05) is 45.3 Å². The maximum absolute atomic E-state index is 12.4. The molecule has 0 saturated heterocycles. The Bertz CT molecular complexity index is 702. The van der Waals surface area contributed by atoms with Crippen LogP contribution in [-0.4, -0.2) is 21.9 Å². The van der Waals surface area contributed by atoms with Crippen molar-refractivity contribution in [1.82, 2.24) is 9.78 Å². The van der Waals surface area contributed by atoms with Crippen molar-refractivity contribution in [2.24, 2.45) is 7.05 Å². The highest BCUT2D eigenvalue weighted by molar-refractivity contribution is 5.91. The topological polar surface area (TPSA) is 53.4 Å². The summed E-state index contributed by atoms with van der Waals surface area (Å²) in [6.07, 6.45) is 4.02.